The van der Waals surface area contributed by atoms with Crippen molar-refractivity contribution < 1.29 is 4.79 Å². The Labute approximate surface area is 113 Å². The van der Waals surface area contributed by atoms with Gasteiger partial charge in [-0.1, -0.05) is 0 Å². The topological polar surface area (TPSA) is 71.2 Å². The number of carbonyl (C=O) groups is 1. The molecule has 1 aromatic rings. The Morgan fingerprint density at radius 3 is 3.00 bits per heavy atom. The van der Waals surface area contributed by atoms with E-state index in [1.54, 1.807) is 0 Å². The second-order valence-electron chi connectivity index (χ2n) is 5.26. The van der Waals surface area contributed by atoms with Gasteiger partial charge in [-0.3, -0.25) is 4.79 Å². The number of nitrogens with zero attached hydrogens (tertiary/aromatic N) is 2. The summed E-state index contributed by atoms with van der Waals surface area (Å²) in [6, 6.07) is 2.20. The number of anilines is 1. The van der Waals surface area contributed by atoms with Crippen LogP contribution in [0.2, 0.25) is 0 Å². The van der Waals surface area contributed by atoms with E-state index in [2.05, 4.69) is 16.3 Å². The van der Waals surface area contributed by atoms with E-state index in [4.69, 9.17) is 10.7 Å². The van der Waals surface area contributed by atoms with Crippen LogP contribution in [0.25, 0.3) is 0 Å². The highest BCUT2D eigenvalue weighted by Gasteiger charge is 2.22. The summed E-state index contributed by atoms with van der Waals surface area (Å²) in [5.41, 5.74) is 9.47. The fraction of sp³-hybridized carbons (Fsp3) is 0.571. The molecule has 2 heterocycles. The quantitative estimate of drug-likeness (QED) is 0.805. The third kappa shape index (κ3) is 2.42. The predicted molar refractivity (Wildman–Crippen MR) is 74.0 cm³/mol. The zero-order valence-corrected chi connectivity index (χ0v) is 11.1. The fourth-order valence-corrected chi connectivity index (χ4v) is 2.91. The van der Waals surface area contributed by atoms with Crippen molar-refractivity contribution in [1.82, 2.24) is 10.3 Å². The minimum absolute atomic E-state index is 0.0637. The SMILES string of the molecule is NCc1cc2c(nc1N1CCNC(=O)C1)CCCC2. The number of rotatable bonds is 2. The first kappa shape index (κ1) is 12.4. The summed E-state index contributed by atoms with van der Waals surface area (Å²) >= 11 is 0. The second-order valence-corrected chi connectivity index (χ2v) is 5.26. The van der Waals surface area contributed by atoms with Crippen molar-refractivity contribution in [3.8, 4) is 0 Å². The largest absolute Gasteiger partial charge is 0.353 e. The molecule has 1 aromatic heterocycles. The molecule has 3 N–H and O–H groups in total. The van der Waals surface area contributed by atoms with Gasteiger partial charge in [0.15, 0.2) is 0 Å². The van der Waals surface area contributed by atoms with Gasteiger partial charge in [-0.15, -0.1) is 0 Å². The number of aromatic nitrogens is 1. The van der Waals surface area contributed by atoms with Crippen molar-refractivity contribution in [2.45, 2.75) is 32.2 Å². The smallest absolute Gasteiger partial charge is 0.239 e. The number of hydrogen-bond donors (Lipinski definition) is 2. The molecule has 0 spiro atoms. The van der Waals surface area contributed by atoms with Crippen LogP contribution in [0.5, 0.6) is 0 Å². The first-order chi connectivity index (χ1) is 9.28. The van der Waals surface area contributed by atoms with Crippen molar-refractivity contribution in [3.63, 3.8) is 0 Å². The van der Waals surface area contributed by atoms with Crippen molar-refractivity contribution in [2.75, 3.05) is 24.5 Å². The maximum atomic E-state index is 11.5. The third-order valence-electron chi connectivity index (χ3n) is 3.91. The minimum Gasteiger partial charge on any atom is -0.353 e. The van der Waals surface area contributed by atoms with E-state index in [9.17, 15) is 4.79 Å². The summed E-state index contributed by atoms with van der Waals surface area (Å²) in [7, 11) is 0. The standard InChI is InChI=1S/C14H20N4O/c15-8-11-7-10-3-1-2-4-12(10)17-14(11)18-6-5-16-13(19)9-18/h7H,1-6,8-9,15H2,(H,16,19). The molecule has 102 valence electrons. The first-order valence-electron chi connectivity index (χ1n) is 7.01. The molecular formula is C14H20N4O. The minimum atomic E-state index is 0.0637. The number of aryl methyl sites for hydroxylation is 2. The van der Waals surface area contributed by atoms with Gasteiger partial charge in [0.1, 0.15) is 5.82 Å². The van der Waals surface area contributed by atoms with E-state index in [0.29, 0.717) is 19.6 Å². The summed E-state index contributed by atoms with van der Waals surface area (Å²) in [4.78, 5) is 18.4. The maximum Gasteiger partial charge on any atom is 0.239 e. The molecule has 5 heteroatoms. The molecule has 1 fully saturated rings. The summed E-state index contributed by atoms with van der Waals surface area (Å²) in [6.45, 7) is 2.36. The average Bonchev–Trinajstić information content (AvgIpc) is 2.46. The molecule has 2 aliphatic rings. The van der Waals surface area contributed by atoms with Gasteiger partial charge in [0.05, 0.1) is 6.54 Å². The summed E-state index contributed by atoms with van der Waals surface area (Å²) in [5, 5.41) is 2.84. The zero-order valence-electron chi connectivity index (χ0n) is 11.1. The van der Waals surface area contributed by atoms with Crippen LogP contribution >= 0.6 is 0 Å². The Kier molecular flexibility index (Phi) is 3.38. The highest BCUT2D eigenvalue weighted by molar-refractivity contribution is 5.82. The number of nitrogens with two attached hydrogens (primary N) is 1. The van der Waals surface area contributed by atoms with Gasteiger partial charge in [0.25, 0.3) is 0 Å². The molecular weight excluding hydrogens is 240 g/mol. The van der Waals surface area contributed by atoms with Crippen LogP contribution in [0, 0.1) is 0 Å². The Hall–Kier alpha value is -1.62. The zero-order chi connectivity index (χ0) is 13.2. The lowest BCUT2D eigenvalue weighted by Gasteiger charge is -2.30. The highest BCUT2D eigenvalue weighted by atomic mass is 16.2. The molecule has 19 heavy (non-hydrogen) atoms. The van der Waals surface area contributed by atoms with E-state index in [1.807, 2.05) is 0 Å². The number of pyridine rings is 1. The van der Waals surface area contributed by atoms with Crippen molar-refractivity contribution in [2.24, 2.45) is 5.73 Å². The van der Waals surface area contributed by atoms with E-state index < -0.39 is 0 Å². The lowest BCUT2D eigenvalue weighted by molar-refractivity contribution is -0.120. The van der Waals surface area contributed by atoms with Gasteiger partial charge in [0.2, 0.25) is 5.91 Å². The molecule has 3 rings (SSSR count). The summed E-state index contributed by atoms with van der Waals surface area (Å²) in [6.07, 6.45) is 4.61. The normalized spacial score (nSPS) is 19.0. The number of hydrogen-bond acceptors (Lipinski definition) is 4. The van der Waals surface area contributed by atoms with Crippen molar-refractivity contribution in [3.05, 3.63) is 22.9 Å². The first-order valence-corrected chi connectivity index (χ1v) is 7.01. The Morgan fingerprint density at radius 2 is 2.21 bits per heavy atom. The van der Waals surface area contributed by atoms with Crippen LogP contribution in [0.3, 0.4) is 0 Å². The molecule has 1 aliphatic carbocycles. The monoisotopic (exact) mass is 260 g/mol. The van der Waals surface area contributed by atoms with Gasteiger partial charge in [-0.2, -0.15) is 0 Å². The van der Waals surface area contributed by atoms with Crippen LogP contribution in [-0.4, -0.2) is 30.5 Å². The van der Waals surface area contributed by atoms with Crippen LogP contribution in [0.15, 0.2) is 6.07 Å². The number of carbonyl (C=O) groups excluding carboxylic acids is 1. The van der Waals surface area contributed by atoms with Crippen molar-refractivity contribution in [1.29, 1.82) is 0 Å². The van der Waals surface area contributed by atoms with Gasteiger partial charge >= 0.3 is 0 Å². The number of fused-ring (bicyclic) bond motifs is 1. The molecule has 0 atom stereocenters. The second kappa shape index (κ2) is 5.17. The van der Waals surface area contributed by atoms with Crippen LogP contribution in [0.1, 0.15) is 29.7 Å². The average molecular weight is 260 g/mol. The third-order valence-corrected chi connectivity index (χ3v) is 3.91. The Morgan fingerprint density at radius 1 is 1.37 bits per heavy atom. The number of piperazine rings is 1. The molecule has 0 aromatic carbocycles. The predicted octanol–water partition coefficient (Wildman–Crippen LogP) is 0.355. The Balaban J connectivity index is 1.96. The molecule has 0 unspecified atom stereocenters. The Bertz CT molecular complexity index is 500. The summed E-state index contributed by atoms with van der Waals surface area (Å²) in [5.74, 6) is 0.978. The molecule has 1 saturated heterocycles. The maximum absolute atomic E-state index is 11.5. The molecule has 5 nitrogen and oxygen atoms in total. The van der Waals surface area contributed by atoms with Crippen LogP contribution in [-0.2, 0) is 24.2 Å². The van der Waals surface area contributed by atoms with E-state index in [1.165, 1.54) is 24.1 Å². The molecule has 0 radical (unpaired) electrons. The van der Waals surface area contributed by atoms with Gasteiger partial charge in [-0.25, -0.2) is 4.98 Å². The van der Waals surface area contributed by atoms with E-state index >= 15 is 0 Å². The summed E-state index contributed by atoms with van der Waals surface area (Å²) < 4.78 is 0. The molecule has 1 amide bonds. The van der Waals surface area contributed by atoms with Crippen molar-refractivity contribution >= 4 is 11.7 Å². The molecule has 1 aliphatic heterocycles. The van der Waals surface area contributed by atoms with Gasteiger partial charge < -0.3 is 16.0 Å². The van der Waals surface area contributed by atoms with Gasteiger partial charge in [0, 0.05) is 30.9 Å². The molecule has 0 saturated carbocycles. The number of nitrogens with one attached hydrogen (secondary N) is 1. The van der Waals surface area contributed by atoms with Crippen LogP contribution < -0.4 is 16.0 Å². The lowest BCUT2D eigenvalue weighted by atomic mass is 9.94. The van der Waals surface area contributed by atoms with E-state index in [0.717, 1.165) is 30.8 Å². The van der Waals surface area contributed by atoms with E-state index in [-0.39, 0.29) is 5.91 Å². The highest BCUT2D eigenvalue weighted by Crippen LogP contribution is 2.26. The van der Waals surface area contributed by atoms with Crippen LogP contribution in [0.4, 0.5) is 5.82 Å². The van der Waals surface area contributed by atoms with Gasteiger partial charge in [-0.05, 0) is 37.3 Å². The fourth-order valence-electron chi connectivity index (χ4n) is 2.91. The molecule has 0 bridgehead atoms. The number of amides is 1. The lowest BCUT2D eigenvalue weighted by Crippen LogP contribution is -2.48.